The molecule has 26 heavy (non-hydrogen) atoms. The highest BCUT2D eigenvalue weighted by Crippen LogP contribution is 2.15. The first-order chi connectivity index (χ1) is 12.1. The molecular weight excluding hydrogens is 360 g/mol. The quantitative estimate of drug-likeness (QED) is 0.642. The van der Waals surface area contributed by atoms with E-state index in [2.05, 4.69) is 10.0 Å². The zero-order valence-corrected chi connectivity index (χ0v) is 15.2. The highest BCUT2D eigenvalue weighted by atomic mass is 32.2. The molecule has 0 fully saturated rings. The number of rotatable bonds is 8. The van der Waals surface area contributed by atoms with Crippen molar-refractivity contribution < 1.29 is 27.5 Å². The minimum absolute atomic E-state index is 0.0391. The lowest BCUT2D eigenvalue weighted by Crippen LogP contribution is -2.20. The zero-order chi connectivity index (χ0) is 19.3. The fourth-order valence-corrected chi connectivity index (χ4v) is 2.56. The molecule has 2 rings (SSSR count). The Hall–Kier alpha value is -2.65. The van der Waals surface area contributed by atoms with E-state index in [1.807, 2.05) is 0 Å². The van der Waals surface area contributed by atoms with Gasteiger partial charge in [-0.15, -0.1) is 0 Å². The number of furan rings is 1. The molecule has 9 heteroatoms. The van der Waals surface area contributed by atoms with Crippen molar-refractivity contribution in [3.05, 3.63) is 53.5 Å². The van der Waals surface area contributed by atoms with Gasteiger partial charge in [-0.1, -0.05) is 19.1 Å². The van der Waals surface area contributed by atoms with Crippen LogP contribution in [0.5, 0.6) is 0 Å². The van der Waals surface area contributed by atoms with Crippen molar-refractivity contribution in [3.8, 4) is 0 Å². The highest BCUT2D eigenvalue weighted by molar-refractivity contribution is 7.88. The van der Waals surface area contributed by atoms with Gasteiger partial charge >= 0.3 is 5.97 Å². The number of benzene rings is 1. The number of carbonyl (C=O) groups is 2. The largest absolute Gasteiger partial charge is 0.481 e. The van der Waals surface area contributed by atoms with Gasteiger partial charge in [0.05, 0.1) is 18.7 Å². The Balaban J connectivity index is 1.95. The van der Waals surface area contributed by atoms with Crippen LogP contribution in [0.2, 0.25) is 0 Å². The van der Waals surface area contributed by atoms with Crippen molar-refractivity contribution in [2.75, 3.05) is 11.6 Å². The number of aliphatic carboxylic acids is 1. The maximum Gasteiger partial charge on any atom is 0.306 e. The van der Waals surface area contributed by atoms with E-state index < -0.39 is 27.8 Å². The van der Waals surface area contributed by atoms with E-state index in [0.717, 1.165) is 11.8 Å². The summed E-state index contributed by atoms with van der Waals surface area (Å²) >= 11 is 0. The van der Waals surface area contributed by atoms with E-state index in [1.165, 1.54) is 12.1 Å². The SMILES string of the molecule is CC(Cc1ccc(NC(=O)c2ccc(CNS(C)(=O)=O)o2)cc1)C(=O)O. The minimum atomic E-state index is -3.35. The summed E-state index contributed by atoms with van der Waals surface area (Å²) in [5.41, 5.74) is 1.39. The van der Waals surface area contributed by atoms with Gasteiger partial charge in [-0.05, 0) is 36.2 Å². The molecule has 0 aliphatic heterocycles. The number of hydrogen-bond acceptors (Lipinski definition) is 5. The normalized spacial score (nSPS) is 12.5. The topological polar surface area (TPSA) is 126 Å². The smallest absolute Gasteiger partial charge is 0.306 e. The number of amides is 1. The second-order valence-corrected chi connectivity index (χ2v) is 7.79. The summed E-state index contributed by atoms with van der Waals surface area (Å²) in [4.78, 5) is 23.0. The molecule has 1 unspecified atom stereocenters. The first-order valence-electron chi connectivity index (χ1n) is 7.80. The van der Waals surface area contributed by atoms with Crippen LogP contribution < -0.4 is 10.0 Å². The van der Waals surface area contributed by atoms with E-state index in [0.29, 0.717) is 17.9 Å². The summed E-state index contributed by atoms with van der Waals surface area (Å²) in [7, 11) is -3.35. The van der Waals surface area contributed by atoms with Crippen molar-refractivity contribution >= 4 is 27.6 Å². The monoisotopic (exact) mass is 380 g/mol. The van der Waals surface area contributed by atoms with Gasteiger partial charge in [-0.3, -0.25) is 9.59 Å². The molecule has 0 radical (unpaired) electrons. The second kappa shape index (κ2) is 8.15. The summed E-state index contributed by atoms with van der Waals surface area (Å²) < 4.78 is 29.7. The molecule has 0 aliphatic rings. The van der Waals surface area contributed by atoms with Gasteiger partial charge in [-0.25, -0.2) is 13.1 Å². The van der Waals surface area contributed by atoms with Crippen LogP contribution in [0.3, 0.4) is 0 Å². The van der Waals surface area contributed by atoms with Crippen LogP contribution in [-0.2, 0) is 27.8 Å². The number of carbonyl (C=O) groups excluding carboxylic acids is 1. The van der Waals surface area contributed by atoms with Gasteiger partial charge in [0.15, 0.2) is 5.76 Å². The van der Waals surface area contributed by atoms with E-state index in [1.54, 1.807) is 31.2 Å². The van der Waals surface area contributed by atoms with E-state index in [-0.39, 0.29) is 12.3 Å². The minimum Gasteiger partial charge on any atom is -0.481 e. The maximum atomic E-state index is 12.2. The number of carboxylic acids is 1. The molecule has 1 atom stereocenters. The average Bonchev–Trinajstić information content (AvgIpc) is 3.03. The Morgan fingerprint density at radius 2 is 1.81 bits per heavy atom. The van der Waals surface area contributed by atoms with Crippen LogP contribution in [0.1, 0.15) is 28.8 Å². The fraction of sp³-hybridized carbons (Fsp3) is 0.294. The number of carboxylic acid groups (broad SMARTS) is 1. The van der Waals surface area contributed by atoms with Crippen molar-refractivity contribution in [1.29, 1.82) is 0 Å². The molecule has 8 nitrogen and oxygen atoms in total. The number of anilines is 1. The summed E-state index contributed by atoms with van der Waals surface area (Å²) in [5.74, 6) is -1.45. The molecule has 1 amide bonds. The van der Waals surface area contributed by atoms with E-state index in [9.17, 15) is 18.0 Å². The fourth-order valence-electron chi connectivity index (χ4n) is 2.15. The lowest BCUT2D eigenvalue weighted by atomic mass is 10.0. The Morgan fingerprint density at radius 3 is 2.38 bits per heavy atom. The second-order valence-electron chi connectivity index (χ2n) is 5.95. The molecule has 0 saturated carbocycles. The lowest BCUT2D eigenvalue weighted by Gasteiger charge is -2.08. The zero-order valence-electron chi connectivity index (χ0n) is 14.4. The molecule has 0 saturated heterocycles. The van der Waals surface area contributed by atoms with E-state index >= 15 is 0 Å². The summed E-state index contributed by atoms with van der Waals surface area (Å²) in [6, 6.07) is 9.83. The van der Waals surface area contributed by atoms with Crippen molar-refractivity contribution in [2.24, 2.45) is 5.92 Å². The lowest BCUT2D eigenvalue weighted by molar-refractivity contribution is -0.141. The van der Waals surface area contributed by atoms with E-state index in [4.69, 9.17) is 9.52 Å². The van der Waals surface area contributed by atoms with Gasteiger partial charge in [0, 0.05) is 5.69 Å². The van der Waals surface area contributed by atoms with Gasteiger partial charge in [-0.2, -0.15) is 0 Å². The van der Waals surface area contributed by atoms with Crippen LogP contribution in [0, 0.1) is 5.92 Å². The van der Waals surface area contributed by atoms with Crippen LogP contribution in [-0.4, -0.2) is 31.7 Å². The first-order valence-corrected chi connectivity index (χ1v) is 9.69. The maximum absolute atomic E-state index is 12.2. The van der Waals surface area contributed by atoms with Gasteiger partial charge < -0.3 is 14.8 Å². The number of hydrogen-bond donors (Lipinski definition) is 3. The predicted molar refractivity (Wildman–Crippen MR) is 95.3 cm³/mol. The average molecular weight is 380 g/mol. The summed E-state index contributed by atoms with van der Waals surface area (Å²) in [6.07, 6.45) is 1.43. The summed E-state index contributed by atoms with van der Waals surface area (Å²) in [6.45, 7) is 1.59. The third-order valence-corrected chi connectivity index (χ3v) is 4.24. The Bertz CT molecular complexity index is 886. The molecule has 2 aromatic rings. The first kappa shape index (κ1) is 19.7. The van der Waals surface area contributed by atoms with Crippen molar-refractivity contribution in [2.45, 2.75) is 19.9 Å². The molecule has 1 aromatic heterocycles. The molecule has 0 bridgehead atoms. The van der Waals surface area contributed by atoms with Crippen LogP contribution in [0.25, 0.3) is 0 Å². The predicted octanol–water partition coefficient (Wildman–Crippen LogP) is 1.84. The van der Waals surface area contributed by atoms with Gasteiger partial charge in [0.25, 0.3) is 5.91 Å². The van der Waals surface area contributed by atoms with Gasteiger partial charge in [0.2, 0.25) is 10.0 Å². The third-order valence-electron chi connectivity index (χ3n) is 3.57. The Labute approximate surface area is 151 Å². The van der Waals surface area contributed by atoms with Crippen LogP contribution >= 0.6 is 0 Å². The Morgan fingerprint density at radius 1 is 1.15 bits per heavy atom. The molecule has 0 spiro atoms. The van der Waals surface area contributed by atoms with Crippen LogP contribution in [0.4, 0.5) is 5.69 Å². The molecular formula is C17H20N2O6S. The number of sulfonamides is 1. The van der Waals surface area contributed by atoms with Crippen LogP contribution in [0.15, 0.2) is 40.8 Å². The Kier molecular flexibility index (Phi) is 6.17. The standard InChI is InChI=1S/C17H20N2O6S/c1-11(17(21)22)9-12-3-5-13(6-4-12)19-16(20)15-8-7-14(25-15)10-18-26(2,23)24/h3-8,11,18H,9-10H2,1-2H3,(H,19,20)(H,21,22). The highest BCUT2D eigenvalue weighted by Gasteiger charge is 2.14. The van der Waals surface area contributed by atoms with Crippen molar-refractivity contribution in [1.82, 2.24) is 4.72 Å². The van der Waals surface area contributed by atoms with Gasteiger partial charge in [0.1, 0.15) is 5.76 Å². The molecule has 1 aromatic carbocycles. The molecule has 0 aliphatic carbocycles. The molecule has 3 N–H and O–H groups in total. The molecule has 140 valence electrons. The third kappa shape index (κ3) is 6.01. The van der Waals surface area contributed by atoms with Crippen molar-refractivity contribution in [3.63, 3.8) is 0 Å². The molecule has 1 heterocycles. The summed E-state index contributed by atoms with van der Waals surface area (Å²) in [5, 5.41) is 11.6. The number of nitrogens with one attached hydrogen (secondary N) is 2.